The predicted octanol–water partition coefficient (Wildman–Crippen LogP) is 0.602. The molecule has 86 valence electrons. The maximum absolute atomic E-state index is 5.45. The molecule has 1 heterocycles. The van der Waals surface area contributed by atoms with Crippen molar-refractivity contribution in [3.05, 3.63) is 17.5 Å². The fourth-order valence-corrected chi connectivity index (χ4v) is 1.32. The largest absolute Gasteiger partial charge is 0.383 e. The summed E-state index contributed by atoms with van der Waals surface area (Å²) in [6.45, 7) is 5.87. The van der Waals surface area contributed by atoms with Gasteiger partial charge >= 0.3 is 0 Å². The highest BCUT2D eigenvalue weighted by atomic mass is 16.5. The maximum atomic E-state index is 5.45. The van der Waals surface area contributed by atoms with Crippen LogP contribution in [0.4, 0.5) is 0 Å². The number of aromatic nitrogens is 1. The van der Waals surface area contributed by atoms with Crippen molar-refractivity contribution in [2.75, 3.05) is 26.8 Å². The van der Waals surface area contributed by atoms with Gasteiger partial charge in [-0.15, -0.1) is 0 Å². The first-order valence-electron chi connectivity index (χ1n) is 5.16. The lowest BCUT2D eigenvalue weighted by Gasteiger charge is -2.17. The molecular weight excluding hydrogens is 194 g/mol. The van der Waals surface area contributed by atoms with Gasteiger partial charge in [0, 0.05) is 26.3 Å². The summed E-state index contributed by atoms with van der Waals surface area (Å²) in [5.74, 6) is 0.855. The van der Waals surface area contributed by atoms with Crippen molar-refractivity contribution < 1.29 is 9.26 Å². The summed E-state index contributed by atoms with van der Waals surface area (Å²) in [6.07, 6.45) is 0. The van der Waals surface area contributed by atoms with E-state index in [-0.39, 0.29) is 0 Å². The topological polar surface area (TPSA) is 64.5 Å². The molecule has 0 spiro atoms. The van der Waals surface area contributed by atoms with Crippen LogP contribution < -0.4 is 5.73 Å². The zero-order chi connectivity index (χ0) is 11.1. The van der Waals surface area contributed by atoms with E-state index in [1.165, 1.54) is 0 Å². The average molecular weight is 213 g/mol. The van der Waals surface area contributed by atoms with Gasteiger partial charge in [-0.2, -0.15) is 0 Å². The second-order valence-corrected chi connectivity index (χ2v) is 3.35. The molecule has 1 rings (SSSR count). The van der Waals surface area contributed by atoms with Crippen LogP contribution in [0.15, 0.2) is 10.6 Å². The maximum Gasteiger partial charge on any atom is 0.151 e. The first kappa shape index (κ1) is 12.2. The Morgan fingerprint density at radius 3 is 2.93 bits per heavy atom. The van der Waals surface area contributed by atoms with Crippen molar-refractivity contribution in [3.63, 3.8) is 0 Å². The van der Waals surface area contributed by atoms with Gasteiger partial charge < -0.3 is 15.0 Å². The summed E-state index contributed by atoms with van der Waals surface area (Å²) in [5, 5.41) is 3.84. The molecule has 0 saturated heterocycles. The van der Waals surface area contributed by atoms with Crippen LogP contribution in [0.2, 0.25) is 0 Å². The minimum absolute atomic E-state index is 0.424. The standard InChI is InChI=1S/C10H19N3O2/c1-3-13(4-5-14-2)8-10-6-9(7-11)12-15-10/h6H,3-5,7-8,11H2,1-2H3. The van der Waals surface area contributed by atoms with Crippen LogP contribution in [-0.2, 0) is 17.8 Å². The number of ether oxygens (including phenoxy) is 1. The second-order valence-electron chi connectivity index (χ2n) is 3.35. The van der Waals surface area contributed by atoms with E-state index in [0.717, 1.165) is 37.7 Å². The predicted molar refractivity (Wildman–Crippen MR) is 57.2 cm³/mol. The lowest BCUT2D eigenvalue weighted by atomic mass is 10.3. The minimum Gasteiger partial charge on any atom is -0.383 e. The van der Waals surface area contributed by atoms with Gasteiger partial charge in [0.1, 0.15) is 0 Å². The zero-order valence-corrected chi connectivity index (χ0v) is 9.40. The normalized spacial score (nSPS) is 11.2. The Morgan fingerprint density at radius 1 is 1.60 bits per heavy atom. The van der Waals surface area contributed by atoms with Crippen LogP contribution in [0.5, 0.6) is 0 Å². The molecule has 1 aromatic heterocycles. The van der Waals surface area contributed by atoms with Crippen LogP contribution in [0.3, 0.4) is 0 Å². The third kappa shape index (κ3) is 3.99. The van der Waals surface area contributed by atoms with Crippen LogP contribution in [-0.4, -0.2) is 36.9 Å². The molecule has 1 aromatic rings. The van der Waals surface area contributed by atoms with E-state index in [4.69, 9.17) is 15.0 Å². The number of nitrogens with zero attached hydrogens (tertiary/aromatic N) is 2. The highest BCUT2D eigenvalue weighted by Crippen LogP contribution is 2.06. The van der Waals surface area contributed by atoms with Gasteiger partial charge in [0.2, 0.25) is 0 Å². The van der Waals surface area contributed by atoms with E-state index >= 15 is 0 Å². The Morgan fingerprint density at radius 2 is 2.40 bits per heavy atom. The molecule has 0 saturated carbocycles. The third-order valence-corrected chi connectivity index (χ3v) is 2.26. The monoisotopic (exact) mass is 213 g/mol. The van der Waals surface area contributed by atoms with E-state index in [0.29, 0.717) is 6.54 Å². The number of nitrogens with two attached hydrogens (primary N) is 1. The number of likely N-dealkylation sites (N-methyl/N-ethyl adjacent to an activating group) is 1. The number of hydrogen-bond acceptors (Lipinski definition) is 5. The highest BCUT2D eigenvalue weighted by molar-refractivity contribution is 5.04. The molecule has 2 N–H and O–H groups in total. The van der Waals surface area contributed by atoms with Crippen LogP contribution in [0, 0.1) is 0 Å². The smallest absolute Gasteiger partial charge is 0.151 e. The molecule has 0 aromatic carbocycles. The molecule has 0 aliphatic carbocycles. The molecule has 0 atom stereocenters. The summed E-state index contributed by atoms with van der Waals surface area (Å²) in [7, 11) is 1.70. The van der Waals surface area contributed by atoms with E-state index in [1.54, 1.807) is 7.11 Å². The molecule has 0 fully saturated rings. The van der Waals surface area contributed by atoms with Crippen molar-refractivity contribution in [2.45, 2.75) is 20.0 Å². The fourth-order valence-electron chi connectivity index (χ4n) is 1.32. The average Bonchev–Trinajstić information content (AvgIpc) is 2.71. The molecule has 0 amide bonds. The fraction of sp³-hybridized carbons (Fsp3) is 0.700. The molecule has 0 aliphatic rings. The number of methoxy groups -OCH3 is 1. The number of rotatable bonds is 7. The van der Waals surface area contributed by atoms with E-state index in [9.17, 15) is 0 Å². The van der Waals surface area contributed by atoms with Crippen LogP contribution >= 0.6 is 0 Å². The molecular formula is C10H19N3O2. The molecule has 0 bridgehead atoms. The van der Waals surface area contributed by atoms with E-state index in [1.807, 2.05) is 6.07 Å². The second kappa shape index (κ2) is 6.55. The van der Waals surface area contributed by atoms with Gasteiger partial charge in [-0.3, -0.25) is 4.90 Å². The first-order valence-corrected chi connectivity index (χ1v) is 5.16. The molecule has 5 heteroatoms. The van der Waals surface area contributed by atoms with Crippen molar-refractivity contribution in [1.82, 2.24) is 10.1 Å². The van der Waals surface area contributed by atoms with Gasteiger partial charge in [-0.05, 0) is 6.54 Å². The summed E-state index contributed by atoms with van der Waals surface area (Å²) < 4.78 is 10.2. The Bertz CT molecular complexity index is 275. The molecule has 15 heavy (non-hydrogen) atoms. The summed E-state index contributed by atoms with van der Waals surface area (Å²) in [4.78, 5) is 2.23. The van der Waals surface area contributed by atoms with Crippen molar-refractivity contribution in [1.29, 1.82) is 0 Å². The van der Waals surface area contributed by atoms with Gasteiger partial charge in [0.15, 0.2) is 5.76 Å². The summed E-state index contributed by atoms with van der Waals surface area (Å²) in [6, 6.07) is 1.90. The molecule has 0 unspecified atom stereocenters. The summed E-state index contributed by atoms with van der Waals surface area (Å²) >= 11 is 0. The van der Waals surface area contributed by atoms with Crippen LogP contribution in [0.1, 0.15) is 18.4 Å². The van der Waals surface area contributed by atoms with Gasteiger partial charge in [0.05, 0.1) is 18.8 Å². The minimum atomic E-state index is 0.424. The third-order valence-electron chi connectivity index (χ3n) is 2.26. The number of hydrogen-bond donors (Lipinski definition) is 1. The molecule has 5 nitrogen and oxygen atoms in total. The van der Waals surface area contributed by atoms with Gasteiger partial charge in [0.25, 0.3) is 0 Å². The quantitative estimate of drug-likeness (QED) is 0.718. The van der Waals surface area contributed by atoms with Gasteiger partial charge in [-0.25, -0.2) is 0 Å². The highest BCUT2D eigenvalue weighted by Gasteiger charge is 2.08. The molecule has 0 aliphatic heterocycles. The summed E-state index contributed by atoms with van der Waals surface area (Å²) in [5.41, 5.74) is 6.25. The Kier molecular flexibility index (Phi) is 5.31. The molecule has 0 radical (unpaired) electrons. The van der Waals surface area contributed by atoms with E-state index < -0.39 is 0 Å². The van der Waals surface area contributed by atoms with Gasteiger partial charge in [-0.1, -0.05) is 12.1 Å². The Labute approximate surface area is 90.2 Å². The Balaban J connectivity index is 2.43. The SMILES string of the molecule is CCN(CCOC)Cc1cc(CN)no1. The zero-order valence-electron chi connectivity index (χ0n) is 9.40. The van der Waals surface area contributed by atoms with Crippen molar-refractivity contribution in [2.24, 2.45) is 5.73 Å². The van der Waals surface area contributed by atoms with Crippen LogP contribution in [0.25, 0.3) is 0 Å². The Hall–Kier alpha value is -0.910. The van der Waals surface area contributed by atoms with Crippen molar-refractivity contribution >= 4 is 0 Å². The van der Waals surface area contributed by atoms with Crippen molar-refractivity contribution in [3.8, 4) is 0 Å². The lowest BCUT2D eigenvalue weighted by Crippen LogP contribution is -2.26. The van der Waals surface area contributed by atoms with E-state index in [2.05, 4.69) is 17.0 Å². The lowest BCUT2D eigenvalue weighted by molar-refractivity contribution is 0.141. The first-order chi connectivity index (χ1) is 7.30.